The number of hydrogen-bond acceptors (Lipinski definition) is 4. The first-order chi connectivity index (χ1) is 12.5. The van der Waals surface area contributed by atoms with E-state index in [1.165, 1.54) is 68.7 Å². The van der Waals surface area contributed by atoms with Crippen molar-refractivity contribution in [3.63, 3.8) is 0 Å². The summed E-state index contributed by atoms with van der Waals surface area (Å²) in [6, 6.07) is 13.4. The summed E-state index contributed by atoms with van der Waals surface area (Å²) in [5, 5.41) is 0. The molecular formula is C21H27KO4S. The molecule has 2 rings (SSSR count). The summed E-state index contributed by atoms with van der Waals surface area (Å²) < 4.78 is 38.9. The van der Waals surface area contributed by atoms with Crippen LogP contribution in [0.15, 0.2) is 53.4 Å². The van der Waals surface area contributed by atoms with Crippen molar-refractivity contribution in [3.8, 4) is 11.5 Å². The number of benzene rings is 2. The van der Waals surface area contributed by atoms with Gasteiger partial charge < -0.3 is 9.29 Å². The van der Waals surface area contributed by atoms with E-state index in [0.717, 1.165) is 6.42 Å². The van der Waals surface area contributed by atoms with Crippen molar-refractivity contribution >= 4 is 10.1 Å². The molecule has 0 atom stereocenters. The minimum Gasteiger partial charge on any atom is -0.744 e. The fourth-order valence-electron chi connectivity index (χ4n) is 2.84. The molecule has 0 aromatic heterocycles. The molecule has 0 bridgehead atoms. The van der Waals surface area contributed by atoms with Crippen LogP contribution in [0.25, 0.3) is 0 Å². The van der Waals surface area contributed by atoms with Crippen LogP contribution in [0.2, 0.25) is 0 Å². The number of unbranched alkanes of at least 4 members (excludes halogenated alkanes) is 6. The van der Waals surface area contributed by atoms with E-state index in [1.54, 1.807) is 6.07 Å². The SMILES string of the molecule is CCCCCCCCCc1ccc(Oc2cccc(S(=O)(=O)[O-])c2)cc1.[K+]. The first-order valence-corrected chi connectivity index (χ1v) is 10.7. The summed E-state index contributed by atoms with van der Waals surface area (Å²) in [4.78, 5) is -0.287. The Bertz CT molecular complexity index is 773. The van der Waals surface area contributed by atoms with Crippen LogP contribution < -0.4 is 56.1 Å². The van der Waals surface area contributed by atoms with E-state index in [4.69, 9.17) is 4.74 Å². The van der Waals surface area contributed by atoms with Crippen LogP contribution in [-0.2, 0) is 16.5 Å². The molecule has 0 aliphatic rings. The average Bonchev–Trinajstić information content (AvgIpc) is 2.62. The Hall–Kier alpha value is -0.214. The smallest absolute Gasteiger partial charge is 0.744 e. The predicted octanol–water partition coefficient (Wildman–Crippen LogP) is 2.68. The van der Waals surface area contributed by atoms with E-state index in [9.17, 15) is 13.0 Å². The fraction of sp³-hybridized carbons (Fsp3) is 0.429. The minimum absolute atomic E-state index is 0. The van der Waals surface area contributed by atoms with Gasteiger partial charge in [0, 0.05) is 0 Å². The quantitative estimate of drug-likeness (QED) is 0.322. The maximum atomic E-state index is 11.1. The molecule has 6 heteroatoms. The van der Waals surface area contributed by atoms with E-state index < -0.39 is 10.1 Å². The van der Waals surface area contributed by atoms with Crippen LogP contribution in [-0.4, -0.2) is 13.0 Å². The second kappa shape index (κ2) is 13.1. The third-order valence-corrected chi connectivity index (χ3v) is 5.15. The first kappa shape index (κ1) is 24.8. The third-order valence-electron chi connectivity index (χ3n) is 4.32. The summed E-state index contributed by atoms with van der Waals surface area (Å²) in [5.74, 6) is 0.954. The minimum atomic E-state index is -4.47. The average molecular weight is 415 g/mol. The first-order valence-electron chi connectivity index (χ1n) is 9.32. The molecule has 0 spiro atoms. The number of aryl methyl sites for hydroxylation is 1. The summed E-state index contributed by atoms with van der Waals surface area (Å²) >= 11 is 0. The van der Waals surface area contributed by atoms with E-state index in [-0.39, 0.29) is 56.3 Å². The molecule has 0 saturated heterocycles. The van der Waals surface area contributed by atoms with Gasteiger partial charge in [-0.1, -0.05) is 63.6 Å². The molecule has 0 radical (unpaired) electrons. The Morgan fingerprint density at radius 2 is 1.48 bits per heavy atom. The van der Waals surface area contributed by atoms with Crippen molar-refractivity contribution in [1.29, 1.82) is 0 Å². The molecule has 0 unspecified atom stereocenters. The molecule has 0 amide bonds. The van der Waals surface area contributed by atoms with Crippen LogP contribution in [0.1, 0.15) is 57.4 Å². The third kappa shape index (κ3) is 9.70. The van der Waals surface area contributed by atoms with Gasteiger partial charge in [0.2, 0.25) is 0 Å². The molecule has 142 valence electrons. The van der Waals surface area contributed by atoms with Crippen molar-refractivity contribution in [2.75, 3.05) is 0 Å². The molecule has 2 aromatic rings. The number of hydrogen-bond donors (Lipinski definition) is 0. The van der Waals surface area contributed by atoms with Gasteiger partial charge in [-0.25, -0.2) is 8.42 Å². The van der Waals surface area contributed by atoms with Crippen LogP contribution in [0.4, 0.5) is 0 Å². The van der Waals surface area contributed by atoms with Crippen LogP contribution in [0.5, 0.6) is 11.5 Å². The molecule has 2 aromatic carbocycles. The van der Waals surface area contributed by atoms with Gasteiger partial charge in [0.05, 0.1) is 4.90 Å². The zero-order valence-electron chi connectivity index (χ0n) is 16.3. The Balaban J connectivity index is 0.00000364. The molecule has 0 N–H and O–H groups in total. The zero-order chi connectivity index (χ0) is 18.8. The van der Waals surface area contributed by atoms with Crippen LogP contribution in [0, 0.1) is 0 Å². The topological polar surface area (TPSA) is 66.4 Å². The Morgan fingerprint density at radius 3 is 2.11 bits per heavy atom. The van der Waals surface area contributed by atoms with Crippen molar-refractivity contribution in [3.05, 3.63) is 54.1 Å². The molecule has 0 saturated carbocycles. The Morgan fingerprint density at radius 1 is 0.852 bits per heavy atom. The van der Waals surface area contributed by atoms with Crippen molar-refractivity contribution < 1.29 is 69.1 Å². The van der Waals surface area contributed by atoms with Crippen molar-refractivity contribution in [2.45, 2.75) is 63.2 Å². The summed E-state index contributed by atoms with van der Waals surface area (Å²) in [6.07, 6.45) is 10.1. The Labute approximate surface area is 205 Å². The van der Waals surface area contributed by atoms with Gasteiger partial charge in [-0.3, -0.25) is 0 Å². The monoisotopic (exact) mass is 414 g/mol. The molecule has 4 nitrogen and oxygen atoms in total. The van der Waals surface area contributed by atoms with Crippen molar-refractivity contribution in [1.82, 2.24) is 0 Å². The van der Waals surface area contributed by atoms with Gasteiger partial charge in [-0.2, -0.15) is 0 Å². The number of rotatable bonds is 11. The standard InChI is InChI=1S/C21H28O4S.K/c1-2-3-4-5-6-7-8-10-18-13-15-19(16-14-18)25-20-11-9-12-21(17-20)26(22,23)24;/h9,11-17H,2-8,10H2,1H3,(H,22,23,24);/q;+1/p-1. The number of ether oxygens (including phenoxy) is 1. The van der Waals surface area contributed by atoms with Crippen LogP contribution >= 0.6 is 0 Å². The summed E-state index contributed by atoms with van der Waals surface area (Å²) in [7, 11) is -4.47. The zero-order valence-corrected chi connectivity index (χ0v) is 20.3. The largest absolute Gasteiger partial charge is 1.00 e. The fourth-order valence-corrected chi connectivity index (χ4v) is 3.35. The summed E-state index contributed by atoms with van der Waals surface area (Å²) in [5.41, 5.74) is 1.27. The van der Waals surface area contributed by atoms with Gasteiger partial charge in [-0.05, 0) is 48.7 Å². The second-order valence-electron chi connectivity index (χ2n) is 6.55. The van der Waals surface area contributed by atoms with E-state index in [2.05, 4.69) is 6.92 Å². The van der Waals surface area contributed by atoms with Crippen molar-refractivity contribution in [2.24, 2.45) is 0 Å². The van der Waals surface area contributed by atoms with E-state index in [0.29, 0.717) is 11.5 Å². The predicted molar refractivity (Wildman–Crippen MR) is 103 cm³/mol. The molecule has 27 heavy (non-hydrogen) atoms. The van der Waals surface area contributed by atoms with Gasteiger partial charge in [0.25, 0.3) is 0 Å². The van der Waals surface area contributed by atoms with E-state index in [1.807, 2.05) is 24.3 Å². The van der Waals surface area contributed by atoms with Gasteiger partial charge >= 0.3 is 51.4 Å². The normalized spacial score (nSPS) is 11.0. The molecular weight excluding hydrogens is 387 g/mol. The molecule has 0 heterocycles. The van der Waals surface area contributed by atoms with E-state index >= 15 is 0 Å². The molecule has 0 fully saturated rings. The van der Waals surface area contributed by atoms with Gasteiger partial charge in [0.15, 0.2) is 0 Å². The van der Waals surface area contributed by atoms with Gasteiger partial charge in [0.1, 0.15) is 21.6 Å². The maximum Gasteiger partial charge on any atom is 1.00 e. The second-order valence-corrected chi connectivity index (χ2v) is 7.93. The van der Waals surface area contributed by atoms with Crippen LogP contribution in [0.3, 0.4) is 0 Å². The molecule has 0 aliphatic carbocycles. The maximum absolute atomic E-state index is 11.1. The van der Waals surface area contributed by atoms with Gasteiger partial charge in [-0.15, -0.1) is 0 Å². The summed E-state index contributed by atoms with van der Waals surface area (Å²) in [6.45, 7) is 2.23. The Kier molecular flexibility index (Phi) is 12.0. The molecule has 0 aliphatic heterocycles.